The third kappa shape index (κ3) is 4.28. The molecule has 0 aromatic carbocycles. The van der Waals surface area contributed by atoms with E-state index in [4.69, 9.17) is 5.73 Å². The molecule has 0 unspecified atom stereocenters. The molecule has 1 aromatic heterocycles. The highest BCUT2D eigenvalue weighted by atomic mass is 16.1. The van der Waals surface area contributed by atoms with E-state index in [9.17, 15) is 4.79 Å². The average Bonchev–Trinajstić information content (AvgIpc) is 2.51. The van der Waals surface area contributed by atoms with Gasteiger partial charge in [0.15, 0.2) is 5.82 Å². The van der Waals surface area contributed by atoms with Gasteiger partial charge in [-0.3, -0.25) is 9.69 Å². The second-order valence-electron chi connectivity index (χ2n) is 5.57. The van der Waals surface area contributed by atoms with Gasteiger partial charge in [-0.05, 0) is 32.4 Å². The number of hydrogen-bond donors (Lipinski definition) is 1. The van der Waals surface area contributed by atoms with Crippen LogP contribution in [0, 0.1) is 0 Å². The molecule has 0 aliphatic carbocycles. The minimum Gasteiger partial charge on any atom is -0.349 e. The van der Waals surface area contributed by atoms with Crippen LogP contribution in [-0.2, 0) is 6.54 Å². The SMILES string of the molecule is CCCn1ccnc(N2CCN(CCCCN)CC2)c1=O. The molecule has 118 valence electrons. The van der Waals surface area contributed by atoms with Crippen LogP contribution in [0.1, 0.15) is 26.2 Å². The second kappa shape index (κ2) is 8.14. The third-order valence-electron chi connectivity index (χ3n) is 3.96. The Hall–Kier alpha value is -1.40. The first-order valence-electron chi connectivity index (χ1n) is 7.99. The summed E-state index contributed by atoms with van der Waals surface area (Å²) in [7, 11) is 0. The van der Waals surface area contributed by atoms with E-state index < -0.39 is 0 Å². The maximum atomic E-state index is 12.4. The normalized spacial score (nSPS) is 16.4. The van der Waals surface area contributed by atoms with Gasteiger partial charge in [-0.1, -0.05) is 6.92 Å². The van der Waals surface area contributed by atoms with Gasteiger partial charge in [0.2, 0.25) is 0 Å². The van der Waals surface area contributed by atoms with Crippen molar-refractivity contribution >= 4 is 5.82 Å². The maximum absolute atomic E-state index is 12.4. The van der Waals surface area contributed by atoms with Gasteiger partial charge < -0.3 is 15.2 Å². The molecule has 0 atom stereocenters. The van der Waals surface area contributed by atoms with Gasteiger partial charge in [-0.2, -0.15) is 0 Å². The third-order valence-corrected chi connectivity index (χ3v) is 3.96. The van der Waals surface area contributed by atoms with Crippen molar-refractivity contribution in [1.82, 2.24) is 14.5 Å². The smallest absolute Gasteiger partial charge is 0.293 e. The lowest BCUT2D eigenvalue weighted by molar-refractivity contribution is 0.252. The van der Waals surface area contributed by atoms with Gasteiger partial charge in [-0.15, -0.1) is 0 Å². The topological polar surface area (TPSA) is 67.4 Å². The number of nitrogens with two attached hydrogens (primary N) is 1. The van der Waals surface area contributed by atoms with Crippen molar-refractivity contribution < 1.29 is 0 Å². The molecule has 2 rings (SSSR count). The highest BCUT2D eigenvalue weighted by molar-refractivity contribution is 5.36. The largest absolute Gasteiger partial charge is 0.349 e. The summed E-state index contributed by atoms with van der Waals surface area (Å²) in [5.41, 5.74) is 5.56. The summed E-state index contributed by atoms with van der Waals surface area (Å²) in [5.74, 6) is 0.604. The summed E-state index contributed by atoms with van der Waals surface area (Å²) in [6.45, 7) is 8.45. The summed E-state index contributed by atoms with van der Waals surface area (Å²) in [5, 5.41) is 0. The molecule has 2 heterocycles. The Morgan fingerprint density at radius 2 is 1.95 bits per heavy atom. The zero-order valence-electron chi connectivity index (χ0n) is 13.0. The first-order chi connectivity index (χ1) is 10.3. The summed E-state index contributed by atoms with van der Waals surface area (Å²) < 4.78 is 1.76. The molecule has 0 bridgehead atoms. The van der Waals surface area contributed by atoms with Crippen molar-refractivity contribution in [3.63, 3.8) is 0 Å². The Bertz CT molecular complexity index is 479. The fourth-order valence-corrected chi connectivity index (χ4v) is 2.73. The Morgan fingerprint density at radius 3 is 2.62 bits per heavy atom. The molecule has 0 radical (unpaired) electrons. The van der Waals surface area contributed by atoms with Crippen molar-refractivity contribution in [1.29, 1.82) is 0 Å². The van der Waals surface area contributed by atoms with Gasteiger partial charge >= 0.3 is 0 Å². The predicted octanol–water partition coefficient (Wildman–Crippen LogP) is 0.514. The molecule has 0 spiro atoms. The van der Waals surface area contributed by atoms with Crippen LogP contribution in [0.4, 0.5) is 5.82 Å². The lowest BCUT2D eigenvalue weighted by Crippen LogP contribution is -2.48. The van der Waals surface area contributed by atoms with E-state index in [1.807, 2.05) is 0 Å². The van der Waals surface area contributed by atoms with E-state index in [1.54, 1.807) is 17.0 Å². The number of aromatic nitrogens is 2. The van der Waals surface area contributed by atoms with Gasteiger partial charge in [0, 0.05) is 45.1 Å². The number of piperazine rings is 1. The molecular weight excluding hydrogens is 266 g/mol. The van der Waals surface area contributed by atoms with Crippen LogP contribution in [0.2, 0.25) is 0 Å². The van der Waals surface area contributed by atoms with Crippen molar-refractivity contribution in [2.24, 2.45) is 5.73 Å². The van der Waals surface area contributed by atoms with Gasteiger partial charge in [0.25, 0.3) is 5.56 Å². The fourth-order valence-electron chi connectivity index (χ4n) is 2.73. The van der Waals surface area contributed by atoms with Gasteiger partial charge in [0.1, 0.15) is 0 Å². The zero-order valence-corrected chi connectivity index (χ0v) is 13.0. The van der Waals surface area contributed by atoms with Crippen LogP contribution in [-0.4, -0.2) is 53.7 Å². The van der Waals surface area contributed by atoms with E-state index in [-0.39, 0.29) is 5.56 Å². The molecule has 2 N–H and O–H groups in total. The lowest BCUT2D eigenvalue weighted by Gasteiger charge is -2.35. The second-order valence-corrected chi connectivity index (χ2v) is 5.57. The van der Waals surface area contributed by atoms with E-state index in [0.717, 1.165) is 65.1 Å². The molecule has 1 aliphatic heterocycles. The number of rotatable bonds is 7. The van der Waals surface area contributed by atoms with Crippen LogP contribution < -0.4 is 16.2 Å². The molecule has 1 aliphatic rings. The van der Waals surface area contributed by atoms with Crippen molar-refractivity contribution in [2.45, 2.75) is 32.7 Å². The number of anilines is 1. The van der Waals surface area contributed by atoms with Gasteiger partial charge in [-0.25, -0.2) is 4.98 Å². The average molecular weight is 293 g/mol. The molecule has 1 saturated heterocycles. The minimum atomic E-state index is 0.0379. The first-order valence-corrected chi connectivity index (χ1v) is 7.99. The number of nitrogens with zero attached hydrogens (tertiary/aromatic N) is 4. The molecule has 21 heavy (non-hydrogen) atoms. The zero-order chi connectivity index (χ0) is 15.1. The standard InChI is InChI=1S/C15H27N5O/c1-2-7-20-9-6-17-14(15(20)21)19-12-10-18(11-13-19)8-4-3-5-16/h6,9H,2-5,7-8,10-13,16H2,1H3. The van der Waals surface area contributed by atoms with Gasteiger partial charge in [0.05, 0.1) is 0 Å². The van der Waals surface area contributed by atoms with E-state index in [2.05, 4.69) is 21.7 Å². The van der Waals surface area contributed by atoms with Crippen LogP contribution in [0.3, 0.4) is 0 Å². The number of aryl methyl sites for hydroxylation is 1. The molecule has 6 nitrogen and oxygen atoms in total. The predicted molar refractivity (Wildman–Crippen MR) is 85.7 cm³/mol. The van der Waals surface area contributed by atoms with Crippen LogP contribution in [0.25, 0.3) is 0 Å². The highest BCUT2D eigenvalue weighted by Gasteiger charge is 2.20. The highest BCUT2D eigenvalue weighted by Crippen LogP contribution is 2.09. The quantitative estimate of drug-likeness (QED) is 0.742. The lowest BCUT2D eigenvalue weighted by atomic mass is 10.2. The Kier molecular flexibility index (Phi) is 6.20. The molecule has 0 saturated carbocycles. The van der Waals surface area contributed by atoms with Crippen LogP contribution >= 0.6 is 0 Å². The molecule has 6 heteroatoms. The Morgan fingerprint density at radius 1 is 1.19 bits per heavy atom. The number of hydrogen-bond acceptors (Lipinski definition) is 5. The molecule has 0 amide bonds. The summed E-state index contributed by atoms with van der Waals surface area (Å²) in [6, 6.07) is 0. The molecular formula is C15H27N5O. The van der Waals surface area contributed by atoms with Crippen molar-refractivity contribution in [2.75, 3.05) is 44.2 Å². The molecule has 1 aromatic rings. The Labute approximate surface area is 126 Å². The summed E-state index contributed by atoms with van der Waals surface area (Å²) >= 11 is 0. The summed E-state index contributed by atoms with van der Waals surface area (Å²) in [6.07, 6.45) is 6.71. The van der Waals surface area contributed by atoms with E-state index >= 15 is 0 Å². The maximum Gasteiger partial charge on any atom is 0.293 e. The van der Waals surface area contributed by atoms with E-state index in [1.165, 1.54) is 0 Å². The first kappa shape index (κ1) is 16.0. The fraction of sp³-hybridized carbons (Fsp3) is 0.733. The van der Waals surface area contributed by atoms with Crippen LogP contribution in [0.5, 0.6) is 0 Å². The monoisotopic (exact) mass is 293 g/mol. The van der Waals surface area contributed by atoms with E-state index in [0.29, 0.717) is 5.82 Å². The van der Waals surface area contributed by atoms with Crippen molar-refractivity contribution in [3.8, 4) is 0 Å². The number of unbranched alkanes of at least 4 members (excludes halogenated alkanes) is 1. The molecule has 1 fully saturated rings. The van der Waals surface area contributed by atoms with Crippen molar-refractivity contribution in [3.05, 3.63) is 22.7 Å². The minimum absolute atomic E-state index is 0.0379. The summed E-state index contributed by atoms with van der Waals surface area (Å²) in [4.78, 5) is 21.2. The Balaban J connectivity index is 1.93. The van der Waals surface area contributed by atoms with Crippen LogP contribution in [0.15, 0.2) is 17.2 Å².